The van der Waals surface area contributed by atoms with Crippen molar-refractivity contribution < 1.29 is 9.90 Å². The molecule has 1 fully saturated rings. The topological polar surface area (TPSA) is 64.6 Å². The molecule has 1 saturated heterocycles. The first-order chi connectivity index (χ1) is 11.6. The van der Waals surface area contributed by atoms with E-state index in [9.17, 15) is 4.79 Å². The van der Waals surface area contributed by atoms with Gasteiger partial charge in [0.05, 0.1) is 0 Å². The zero-order valence-electron chi connectivity index (χ0n) is 14.9. The second-order valence-corrected chi connectivity index (χ2v) is 6.92. The lowest BCUT2D eigenvalue weighted by Crippen LogP contribution is -2.49. The van der Waals surface area contributed by atoms with Gasteiger partial charge in [-0.05, 0) is 45.1 Å². The quantitative estimate of drug-likeness (QED) is 0.718. The number of hydrogen-bond donors (Lipinski definition) is 3. The van der Waals surface area contributed by atoms with Crippen LogP contribution in [0, 0.1) is 6.92 Å². The predicted octanol–water partition coefficient (Wildman–Crippen LogP) is 2.42. The highest BCUT2D eigenvalue weighted by atomic mass is 16.3. The molecule has 5 nitrogen and oxygen atoms in total. The Balaban J connectivity index is 1.68. The first-order valence-corrected chi connectivity index (χ1v) is 9.02. The fourth-order valence-corrected chi connectivity index (χ4v) is 3.22. The number of piperidine rings is 1. The maximum Gasteiger partial charge on any atom is 0.315 e. The lowest BCUT2D eigenvalue weighted by Gasteiger charge is -2.32. The molecule has 0 saturated carbocycles. The van der Waals surface area contributed by atoms with Crippen LogP contribution in [0.4, 0.5) is 4.79 Å². The van der Waals surface area contributed by atoms with Gasteiger partial charge in [0, 0.05) is 38.3 Å². The zero-order chi connectivity index (χ0) is 17.4. The van der Waals surface area contributed by atoms with Gasteiger partial charge in [0.2, 0.25) is 0 Å². The van der Waals surface area contributed by atoms with Crippen LogP contribution in [0.2, 0.25) is 0 Å². The van der Waals surface area contributed by atoms with Gasteiger partial charge in [0.25, 0.3) is 0 Å². The summed E-state index contributed by atoms with van der Waals surface area (Å²) in [5, 5.41) is 14.8. The minimum Gasteiger partial charge on any atom is -0.396 e. The number of likely N-dealkylation sites (tertiary alicyclic amines) is 1. The maximum atomic E-state index is 12.0. The molecule has 1 aromatic carbocycles. The fourth-order valence-electron chi connectivity index (χ4n) is 3.22. The largest absolute Gasteiger partial charge is 0.396 e. The van der Waals surface area contributed by atoms with Gasteiger partial charge in [0.1, 0.15) is 0 Å². The number of hydrogen-bond acceptors (Lipinski definition) is 3. The maximum absolute atomic E-state index is 12.0. The first kappa shape index (κ1) is 18.7. The fraction of sp³-hybridized carbons (Fsp3) is 0.632. The van der Waals surface area contributed by atoms with Crippen molar-refractivity contribution in [2.24, 2.45) is 0 Å². The Hall–Kier alpha value is -1.59. The molecule has 0 radical (unpaired) electrons. The van der Waals surface area contributed by atoms with E-state index >= 15 is 0 Å². The Kier molecular flexibility index (Phi) is 7.53. The van der Waals surface area contributed by atoms with Crippen LogP contribution in [0.15, 0.2) is 24.3 Å². The van der Waals surface area contributed by atoms with Gasteiger partial charge in [0.15, 0.2) is 0 Å². The zero-order valence-corrected chi connectivity index (χ0v) is 14.9. The molecule has 134 valence electrons. The van der Waals surface area contributed by atoms with Crippen LogP contribution in [0.1, 0.15) is 43.7 Å². The summed E-state index contributed by atoms with van der Waals surface area (Å²) in [4.78, 5) is 14.4. The van der Waals surface area contributed by atoms with Crippen LogP contribution in [0.5, 0.6) is 0 Å². The molecule has 0 aromatic heterocycles. The molecule has 2 rings (SSSR count). The summed E-state index contributed by atoms with van der Waals surface area (Å²) in [5.74, 6) is 0. The predicted molar refractivity (Wildman–Crippen MR) is 96.9 cm³/mol. The van der Waals surface area contributed by atoms with E-state index in [-0.39, 0.29) is 24.7 Å². The van der Waals surface area contributed by atoms with Crippen LogP contribution in [-0.2, 0) is 6.54 Å². The molecule has 1 unspecified atom stereocenters. The summed E-state index contributed by atoms with van der Waals surface area (Å²) in [6.45, 7) is 7.28. The Morgan fingerprint density at radius 3 is 2.79 bits per heavy atom. The number of aliphatic hydroxyl groups excluding tert-OH is 1. The van der Waals surface area contributed by atoms with Crippen LogP contribution in [0.3, 0.4) is 0 Å². The first-order valence-electron chi connectivity index (χ1n) is 9.02. The van der Waals surface area contributed by atoms with E-state index in [4.69, 9.17) is 5.11 Å². The Labute approximate surface area is 145 Å². The lowest BCUT2D eigenvalue weighted by atomic mass is 10.0. The number of amides is 2. The van der Waals surface area contributed by atoms with Crippen molar-refractivity contribution in [1.82, 2.24) is 15.5 Å². The third-order valence-corrected chi connectivity index (χ3v) is 4.58. The van der Waals surface area contributed by atoms with Crippen molar-refractivity contribution in [1.29, 1.82) is 0 Å². The van der Waals surface area contributed by atoms with E-state index in [0.717, 1.165) is 45.3 Å². The highest BCUT2D eigenvalue weighted by Crippen LogP contribution is 2.14. The summed E-state index contributed by atoms with van der Waals surface area (Å²) in [6.07, 6.45) is 3.51. The molecule has 24 heavy (non-hydrogen) atoms. The third-order valence-electron chi connectivity index (χ3n) is 4.58. The van der Waals surface area contributed by atoms with Gasteiger partial charge in [-0.25, -0.2) is 4.79 Å². The van der Waals surface area contributed by atoms with Crippen LogP contribution >= 0.6 is 0 Å². The minimum atomic E-state index is -0.0856. The van der Waals surface area contributed by atoms with Crippen molar-refractivity contribution in [3.05, 3.63) is 35.4 Å². The molecule has 1 aromatic rings. The number of nitrogens with one attached hydrogen (secondary N) is 2. The van der Waals surface area contributed by atoms with Crippen molar-refractivity contribution in [3.63, 3.8) is 0 Å². The summed E-state index contributed by atoms with van der Waals surface area (Å²) < 4.78 is 0. The summed E-state index contributed by atoms with van der Waals surface area (Å²) in [7, 11) is 0. The van der Waals surface area contributed by atoms with Gasteiger partial charge in [-0.1, -0.05) is 29.8 Å². The van der Waals surface area contributed by atoms with E-state index < -0.39 is 0 Å². The molecule has 2 amide bonds. The van der Waals surface area contributed by atoms with Crippen molar-refractivity contribution in [2.75, 3.05) is 19.7 Å². The van der Waals surface area contributed by atoms with E-state index in [1.54, 1.807) is 0 Å². The summed E-state index contributed by atoms with van der Waals surface area (Å²) >= 11 is 0. The average molecular weight is 333 g/mol. The second kappa shape index (κ2) is 9.64. The van der Waals surface area contributed by atoms with Gasteiger partial charge in [-0.2, -0.15) is 0 Å². The number of benzene rings is 1. The molecule has 3 N–H and O–H groups in total. The number of carbonyl (C=O) groups excluding carboxylic acids is 1. The Bertz CT molecular complexity index is 513. The third kappa shape index (κ3) is 6.49. The van der Waals surface area contributed by atoms with Gasteiger partial charge in [-0.15, -0.1) is 0 Å². The minimum absolute atomic E-state index is 0.0856. The van der Waals surface area contributed by atoms with E-state index in [1.165, 1.54) is 11.1 Å². The highest BCUT2D eigenvalue weighted by Gasteiger charge is 2.21. The molecule has 0 aliphatic carbocycles. The summed E-state index contributed by atoms with van der Waals surface area (Å²) in [5.41, 5.74) is 2.66. The van der Waals surface area contributed by atoms with E-state index in [2.05, 4.69) is 46.7 Å². The highest BCUT2D eigenvalue weighted by molar-refractivity contribution is 5.74. The number of rotatable bonds is 7. The Morgan fingerprint density at radius 1 is 1.38 bits per heavy atom. The van der Waals surface area contributed by atoms with Crippen molar-refractivity contribution >= 4 is 6.03 Å². The second-order valence-electron chi connectivity index (χ2n) is 6.92. The monoisotopic (exact) mass is 333 g/mol. The normalized spacial score (nSPS) is 17.5. The smallest absolute Gasteiger partial charge is 0.315 e. The average Bonchev–Trinajstić information content (AvgIpc) is 2.55. The van der Waals surface area contributed by atoms with Gasteiger partial charge < -0.3 is 15.7 Å². The number of aliphatic hydroxyl groups is 1. The molecule has 1 aliphatic heterocycles. The van der Waals surface area contributed by atoms with Gasteiger partial charge >= 0.3 is 6.03 Å². The molecule has 1 atom stereocenters. The summed E-state index contributed by atoms with van der Waals surface area (Å²) in [6, 6.07) is 8.92. The van der Waals surface area contributed by atoms with E-state index in [1.807, 2.05) is 6.92 Å². The Morgan fingerprint density at radius 2 is 2.12 bits per heavy atom. The number of aryl methyl sites for hydroxylation is 1. The van der Waals surface area contributed by atoms with Crippen molar-refractivity contribution in [2.45, 2.75) is 58.2 Å². The van der Waals surface area contributed by atoms with Gasteiger partial charge in [-0.3, -0.25) is 4.90 Å². The number of urea groups is 1. The number of nitrogens with zero attached hydrogens (tertiary/aromatic N) is 1. The molecular weight excluding hydrogens is 302 g/mol. The SMILES string of the molecule is Cc1cccc(CN2CCC(NC(=O)NC(C)CCCO)CC2)c1. The van der Waals surface area contributed by atoms with E-state index in [0.29, 0.717) is 0 Å². The molecule has 5 heteroatoms. The molecule has 0 spiro atoms. The molecular formula is C19H31N3O2. The molecule has 1 aliphatic rings. The molecule has 1 heterocycles. The standard InChI is InChI=1S/C19H31N3O2/c1-15-5-3-7-17(13-15)14-22-10-8-18(9-11-22)21-19(24)20-16(2)6-4-12-23/h3,5,7,13,16,18,23H,4,6,8-12,14H2,1-2H3,(H2,20,21,24). The van der Waals surface area contributed by atoms with Crippen LogP contribution < -0.4 is 10.6 Å². The van der Waals surface area contributed by atoms with Crippen LogP contribution in [0.25, 0.3) is 0 Å². The van der Waals surface area contributed by atoms with Crippen molar-refractivity contribution in [3.8, 4) is 0 Å². The number of carbonyl (C=O) groups is 1. The lowest BCUT2D eigenvalue weighted by molar-refractivity contribution is 0.185. The van der Waals surface area contributed by atoms with Crippen LogP contribution in [-0.4, -0.2) is 47.8 Å². The molecule has 0 bridgehead atoms.